The van der Waals surface area contributed by atoms with Gasteiger partial charge in [-0.1, -0.05) is 0 Å². The van der Waals surface area contributed by atoms with Crippen LogP contribution >= 0.6 is 27.5 Å². The van der Waals surface area contributed by atoms with E-state index in [-0.39, 0.29) is 5.28 Å². The van der Waals surface area contributed by atoms with Crippen LogP contribution in [0.15, 0.2) is 29.1 Å². The van der Waals surface area contributed by atoms with E-state index in [1.165, 1.54) is 0 Å². The third-order valence-electron chi connectivity index (χ3n) is 1.40. The Labute approximate surface area is 87.7 Å². The van der Waals surface area contributed by atoms with Crippen molar-refractivity contribution in [2.45, 2.75) is 0 Å². The second-order valence-corrected chi connectivity index (χ2v) is 3.54. The molecule has 0 aliphatic heterocycles. The fourth-order valence-corrected chi connectivity index (χ4v) is 1.31. The zero-order valence-electron chi connectivity index (χ0n) is 6.35. The van der Waals surface area contributed by atoms with Crippen LogP contribution in [0.3, 0.4) is 0 Å². The van der Waals surface area contributed by atoms with Crippen molar-refractivity contribution in [1.82, 2.24) is 19.7 Å². The van der Waals surface area contributed by atoms with Gasteiger partial charge in [0.1, 0.15) is 0 Å². The zero-order valence-corrected chi connectivity index (χ0v) is 8.70. The summed E-state index contributed by atoms with van der Waals surface area (Å²) >= 11 is 8.91. The van der Waals surface area contributed by atoms with E-state index >= 15 is 0 Å². The summed E-state index contributed by atoms with van der Waals surface area (Å²) < 4.78 is 2.50. The van der Waals surface area contributed by atoms with Crippen molar-refractivity contribution in [3.05, 3.63) is 34.4 Å². The lowest BCUT2D eigenvalue weighted by Gasteiger charge is -1.97. The molecule has 13 heavy (non-hydrogen) atoms. The average molecular weight is 259 g/mol. The summed E-state index contributed by atoms with van der Waals surface area (Å²) in [6.45, 7) is 0. The van der Waals surface area contributed by atoms with Crippen LogP contribution < -0.4 is 0 Å². The standard InChI is InChI=1S/C7H4BrClN4/c8-5-3-11-13(4-5)6-1-2-10-7(9)12-6/h1-4H. The summed E-state index contributed by atoms with van der Waals surface area (Å²) in [7, 11) is 0. The summed E-state index contributed by atoms with van der Waals surface area (Å²) in [5.74, 6) is 0.644. The highest BCUT2D eigenvalue weighted by Crippen LogP contribution is 2.11. The van der Waals surface area contributed by atoms with Gasteiger partial charge in [0.15, 0.2) is 5.82 Å². The van der Waals surface area contributed by atoms with Crippen molar-refractivity contribution in [3.63, 3.8) is 0 Å². The first-order valence-corrected chi connectivity index (χ1v) is 4.62. The molecule has 0 aromatic carbocycles. The molecule has 0 bridgehead atoms. The second-order valence-electron chi connectivity index (χ2n) is 2.29. The van der Waals surface area contributed by atoms with Crippen LogP contribution in [-0.4, -0.2) is 19.7 Å². The molecular formula is C7H4BrClN4. The van der Waals surface area contributed by atoms with Crippen LogP contribution in [0.25, 0.3) is 5.82 Å². The van der Waals surface area contributed by atoms with Gasteiger partial charge in [-0.3, -0.25) is 0 Å². The number of rotatable bonds is 1. The molecule has 66 valence electrons. The molecular weight excluding hydrogens is 255 g/mol. The fraction of sp³-hybridized carbons (Fsp3) is 0. The maximum absolute atomic E-state index is 5.63. The molecule has 0 unspecified atom stereocenters. The highest BCUT2D eigenvalue weighted by atomic mass is 79.9. The quantitative estimate of drug-likeness (QED) is 0.737. The van der Waals surface area contributed by atoms with Gasteiger partial charge < -0.3 is 0 Å². The Bertz CT molecular complexity index is 428. The second kappa shape index (κ2) is 3.43. The Hall–Kier alpha value is -0.940. The molecule has 0 aliphatic carbocycles. The van der Waals surface area contributed by atoms with E-state index in [9.17, 15) is 0 Å². The summed E-state index contributed by atoms with van der Waals surface area (Å²) in [5.41, 5.74) is 0. The molecule has 0 amide bonds. The first kappa shape index (κ1) is 8.65. The number of hydrogen-bond donors (Lipinski definition) is 0. The molecule has 0 radical (unpaired) electrons. The van der Waals surface area contributed by atoms with Crippen molar-refractivity contribution in [1.29, 1.82) is 0 Å². The highest BCUT2D eigenvalue weighted by Gasteiger charge is 2.00. The molecule has 0 spiro atoms. The lowest BCUT2D eigenvalue weighted by atomic mass is 10.6. The van der Waals surface area contributed by atoms with E-state index in [0.29, 0.717) is 5.82 Å². The van der Waals surface area contributed by atoms with E-state index in [1.807, 2.05) is 0 Å². The predicted molar refractivity (Wildman–Crippen MR) is 51.9 cm³/mol. The fourth-order valence-electron chi connectivity index (χ4n) is 0.880. The molecule has 0 atom stereocenters. The molecule has 0 aliphatic rings. The molecule has 6 heteroatoms. The molecule has 2 aromatic heterocycles. The Morgan fingerprint density at radius 2 is 2.31 bits per heavy atom. The first-order chi connectivity index (χ1) is 6.25. The molecule has 2 rings (SSSR count). The zero-order chi connectivity index (χ0) is 9.26. The molecule has 0 saturated carbocycles. The van der Waals surface area contributed by atoms with Gasteiger partial charge in [-0.2, -0.15) is 10.1 Å². The SMILES string of the molecule is Clc1nccc(-n2cc(Br)cn2)n1. The van der Waals surface area contributed by atoms with Gasteiger partial charge in [0, 0.05) is 18.5 Å². The van der Waals surface area contributed by atoms with Crippen molar-refractivity contribution < 1.29 is 0 Å². The Morgan fingerprint density at radius 3 is 2.92 bits per heavy atom. The molecule has 2 heterocycles. The van der Waals surface area contributed by atoms with Crippen molar-refractivity contribution in [2.75, 3.05) is 0 Å². The van der Waals surface area contributed by atoms with Crippen LogP contribution in [0.4, 0.5) is 0 Å². The van der Waals surface area contributed by atoms with Crippen LogP contribution in [0.1, 0.15) is 0 Å². The normalized spacial score (nSPS) is 10.3. The average Bonchev–Trinajstić information content (AvgIpc) is 2.52. The minimum Gasteiger partial charge on any atom is -0.226 e. The van der Waals surface area contributed by atoms with Crippen molar-refractivity contribution >= 4 is 27.5 Å². The number of hydrogen-bond acceptors (Lipinski definition) is 3. The number of nitrogens with zero attached hydrogens (tertiary/aromatic N) is 4. The van der Waals surface area contributed by atoms with Crippen LogP contribution in [0.5, 0.6) is 0 Å². The van der Waals surface area contributed by atoms with Crippen LogP contribution in [-0.2, 0) is 0 Å². The van der Waals surface area contributed by atoms with Gasteiger partial charge in [0.05, 0.1) is 10.7 Å². The molecule has 4 nitrogen and oxygen atoms in total. The van der Waals surface area contributed by atoms with Crippen LogP contribution in [0, 0.1) is 0 Å². The van der Waals surface area contributed by atoms with Gasteiger partial charge in [0.2, 0.25) is 5.28 Å². The largest absolute Gasteiger partial charge is 0.226 e. The van der Waals surface area contributed by atoms with Gasteiger partial charge in [-0.05, 0) is 27.5 Å². The van der Waals surface area contributed by atoms with E-state index in [1.54, 1.807) is 29.3 Å². The molecule has 0 N–H and O–H groups in total. The Kier molecular flexibility index (Phi) is 2.28. The summed E-state index contributed by atoms with van der Waals surface area (Å²) in [5, 5.41) is 4.26. The number of aromatic nitrogens is 4. The highest BCUT2D eigenvalue weighted by molar-refractivity contribution is 9.10. The summed E-state index contributed by atoms with van der Waals surface area (Å²) in [6.07, 6.45) is 5.05. The van der Waals surface area contributed by atoms with Crippen molar-refractivity contribution in [3.8, 4) is 5.82 Å². The lowest BCUT2D eigenvalue weighted by Crippen LogP contribution is -1.98. The third-order valence-corrected chi connectivity index (χ3v) is 1.99. The monoisotopic (exact) mass is 258 g/mol. The Balaban J connectivity index is 2.46. The van der Waals surface area contributed by atoms with Gasteiger partial charge in [-0.25, -0.2) is 9.67 Å². The number of halogens is 2. The lowest BCUT2D eigenvalue weighted by molar-refractivity contribution is 0.839. The Morgan fingerprint density at radius 1 is 1.46 bits per heavy atom. The van der Waals surface area contributed by atoms with Gasteiger partial charge in [-0.15, -0.1) is 0 Å². The minimum atomic E-state index is 0.212. The summed E-state index contributed by atoms with van der Waals surface area (Å²) in [4.78, 5) is 7.76. The predicted octanol–water partition coefficient (Wildman–Crippen LogP) is 2.08. The smallest absolute Gasteiger partial charge is 0.224 e. The summed E-state index contributed by atoms with van der Waals surface area (Å²) in [6, 6.07) is 1.73. The van der Waals surface area contributed by atoms with Gasteiger partial charge in [0.25, 0.3) is 0 Å². The molecule has 2 aromatic rings. The van der Waals surface area contributed by atoms with Gasteiger partial charge >= 0.3 is 0 Å². The van der Waals surface area contributed by atoms with E-state index in [4.69, 9.17) is 11.6 Å². The van der Waals surface area contributed by atoms with Crippen LogP contribution in [0.2, 0.25) is 5.28 Å². The minimum absolute atomic E-state index is 0.212. The van der Waals surface area contributed by atoms with Crippen molar-refractivity contribution in [2.24, 2.45) is 0 Å². The maximum atomic E-state index is 5.63. The van der Waals surface area contributed by atoms with E-state index in [0.717, 1.165) is 4.47 Å². The molecule has 0 saturated heterocycles. The maximum Gasteiger partial charge on any atom is 0.224 e. The first-order valence-electron chi connectivity index (χ1n) is 3.45. The van der Waals surface area contributed by atoms with E-state index in [2.05, 4.69) is 31.0 Å². The molecule has 0 fully saturated rings. The van der Waals surface area contributed by atoms with E-state index < -0.39 is 0 Å². The third kappa shape index (κ3) is 1.87. The topological polar surface area (TPSA) is 43.6 Å².